The zero-order valence-electron chi connectivity index (χ0n) is 13.7. The van der Waals surface area contributed by atoms with Crippen LogP contribution in [-0.2, 0) is 9.53 Å². The molecule has 0 unspecified atom stereocenters. The van der Waals surface area contributed by atoms with Gasteiger partial charge in [-0.2, -0.15) is 0 Å². The first-order chi connectivity index (χ1) is 12.7. The van der Waals surface area contributed by atoms with E-state index in [2.05, 4.69) is 5.32 Å². The summed E-state index contributed by atoms with van der Waals surface area (Å²) in [4.78, 5) is 44.6. The minimum Gasteiger partial charge on any atom is -0.449 e. The number of benzene rings is 2. The second-order valence-corrected chi connectivity index (χ2v) is 5.64. The van der Waals surface area contributed by atoms with Crippen molar-refractivity contribution in [2.45, 2.75) is 13.0 Å². The van der Waals surface area contributed by atoms with Crippen LogP contribution in [0.2, 0.25) is 5.02 Å². The molecule has 0 bridgehead atoms. The number of rotatable bonds is 6. The van der Waals surface area contributed by atoms with Crippen LogP contribution in [0.5, 0.6) is 0 Å². The van der Waals surface area contributed by atoms with Crippen LogP contribution in [-0.4, -0.2) is 27.8 Å². The van der Waals surface area contributed by atoms with Crippen molar-refractivity contribution in [1.29, 1.82) is 0 Å². The minimum atomic E-state index is -1.31. The first-order valence-electron chi connectivity index (χ1n) is 7.40. The Balaban J connectivity index is 2.11. The van der Waals surface area contributed by atoms with Gasteiger partial charge in [-0.15, -0.1) is 0 Å². The highest BCUT2D eigenvalue weighted by Crippen LogP contribution is 2.26. The fourth-order valence-electron chi connectivity index (χ4n) is 2.03. The highest BCUT2D eigenvalue weighted by atomic mass is 35.5. The monoisotopic (exact) mass is 393 g/mol. The quantitative estimate of drug-likeness (QED) is 0.450. The molecule has 0 aliphatic rings. The van der Waals surface area contributed by atoms with E-state index in [1.807, 2.05) is 0 Å². The molecule has 140 valence electrons. The molecule has 0 aromatic heterocycles. The lowest BCUT2D eigenvalue weighted by Gasteiger charge is -2.13. The molecule has 0 saturated heterocycles. The normalized spacial score (nSPS) is 11.3. The number of nitrogens with one attached hydrogen (secondary N) is 1. The van der Waals surface area contributed by atoms with E-state index in [1.54, 1.807) is 0 Å². The minimum absolute atomic E-state index is 0.0578. The van der Waals surface area contributed by atoms with E-state index in [0.717, 1.165) is 12.1 Å². The first-order valence-corrected chi connectivity index (χ1v) is 7.77. The van der Waals surface area contributed by atoms with Gasteiger partial charge in [0.15, 0.2) is 6.10 Å². The Morgan fingerprint density at radius 1 is 1.07 bits per heavy atom. The molecular weight excluding hydrogens is 382 g/mol. The smallest absolute Gasteiger partial charge is 0.339 e. The Kier molecular flexibility index (Phi) is 6.03. The largest absolute Gasteiger partial charge is 0.449 e. The number of nitro benzene ring substituents is 2. The van der Waals surface area contributed by atoms with Crippen LogP contribution in [0.1, 0.15) is 17.3 Å². The third-order valence-corrected chi connectivity index (χ3v) is 3.71. The second-order valence-electron chi connectivity index (χ2n) is 5.23. The van der Waals surface area contributed by atoms with Crippen molar-refractivity contribution in [3.8, 4) is 0 Å². The standard InChI is InChI=1S/C16H12ClN3O7/c1-9(15(21)18-12-4-2-3-5-13(12)19(23)24)27-16(22)10-6-7-11(17)14(8-10)20(25)26/h2-9H,1H3,(H,18,21)/t9-/m1/s1. The lowest BCUT2D eigenvalue weighted by molar-refractivity contribution is -0.384. The zero-order valence-corrected chi connectivity index (χ0v) is 14.5. The number of hydrogen-bond donors (Lipinski definition) is 1. The van der Waals surface area contributed by atoms with Crippen molar-refractivity contribution in [3.63, 3.8) is 0 Å². The van der Waals surface area contributed by atoms with Gasteiger partial charge in [0.1, 0.15) is 10.7 Å². The third-order valence-electron chi connectivity index (χ3n) is 3.39. The number of anilines is 1. The summed E-state index contributed by atoms with van der Waals surface area (Å²) in [7, 11) is 0. The van der Waals surface area contributed by atoms with Crippen LogP contribution in [0.4, 0.5) is 17.1 Å². The van der Waals surface area contributed by atoms with Crippen molar-refractivity contribution >= 4 is 40.5 Å². The SMILES string of the molecule is C[C@@H](OC(=O)c1ccc(Cl)c([N+](=O)[O-])c1)C(=O)Nc1ccccc1[N+](=O)[O-]. The van der Waals surface area contributed by atoms with Crippen molar-refractivity contribution in [2.75, 3.05) is 5.32 Å². The second kappa shape index (κ2) is 8.23. The Labute approximate surface area is 157 Å². The number of carbonyl (C=O) groups excluding carboxylic acids is 2. The average molecular weight is 394 g/mol. The number of hydrogen-bond acceptors (Lipinski definition) is 7. The van der Waals surface area contributed by atoms with E-state index in [1.165, 1.54) is 37.3 Å². The van der Waals surface area contributed by atoms with Gasteiger partial charge in [-0.3, -0.25) is 25.0 Å². The lowest BCUT2D eigenvalue weighted by Crippen LogP contribution is -2.30. The molecule has 1 atom stereocenters. The summed E-state index contributed by atoms with van der Waals surface area (Å²) < 4.78 is 4.96. The molecule has 27 heavy (non-hydrogen) atoms. The number of nitrogens with zero attached hydrogens (tertiary/aromatic N) is 2. The number of amides is 1. The molecule has 0 fully saturated rings. The maximum absolute atomic E-state index is 12.1. The number of carbonyl (C=O) groups is 2. The van der Waals surface area contributed by atoms with Crippen molar-refractivity contribution < 1.29 is 24.2 Å². The number of ether oxygens (including phenoxy) is 1. The number of para-hydroxylation sites is 2. The van der Waals surface area contributed by atoms with Gasteiger partial charge >= 0.3 is 5.97 Å². The van der Waals surface area contributed by atoms with Crippen LogP contribution >= 0.6 is 11.6 Å². The summed E-state index contributed by atoms with van der Waals surface area (Å²) in [6.07, 6.45) is -1.31. The van der Waals surface area contributed by atoms with Crippen molar-refractivity contribution in [2.24, 2.45) is 0 Å². The molecule has 1 amide bonds. The van der Waals surface area contributed by atoms with Gasteiger partial charge in [0.2, 0.25) is 0 Å². The molecule has 0 spiro atoms. The highest BCUT2D eigenvalue weighted by Gasteiger charge is 2.23. The van der Waals surface area contributed by atoms with Crippen LogP contribution in [0.15, 0.2) is 42.5 Å². The molecule has 0 heterocycles. The molecule has 1 N–H and O–H groups in total. The molecule has 11 heteroatoms. The number of esters is 1. The van der Waals surface area contributed by atoms with E-state index >= 15 is 0 Å². The molecule has 0 radical (unpaired) electrons. The van der Waals surface area contributed by atoms with Gasteiger partial charge < -0.3 is 10.1 Å². The van der Waals surface area contributed by atoms with Crippen molar-refractivity contribution in [3.05, 3.63) is 73.3 Å². The molecular formula is C16H12ClN3O7. The zero-order chi connectivity index (χ0) is 20.1. The Morgan fingerprint density at radius 3 is 2.33 bits per heavy atom. The van der Waals surface area contributed by atoms with Crippen LogP contribution in [0.25, 0.3) is 0 Å². The maximum atomic E-state index is 12.1. The van der Waals surface area contributed by atoms with Gasteiger partial charge in [0.05, 0.1) is 15.4 Å². The topological polar surface area (TPSA) is 142 Å². The number of nitro groups is 2. The van der Waals surface area contributed by atoms with Gasteiger partial charge in [-0.05, 0) is 25.1 Å². The average Bonchev–Trinajstić information content (AvgIpc) is 2.61. The van der Waals surface area contributed by atoms with E-state index in [0.29, 0.717) is 0 Å². The number of halogens is 1. The Hall–Kier alpha value is -3.53. The van der Waals surface area contributed by atoms with E-state index in [9.17, 15) is 29.8 Å². The molecule has 0 saturated carbocycles. The first kappa shape index (κ1) is 19.8. The molecule has 2 aromatic rings. The molecule has 0 aliphatic heterocycles. The summed E-state index contributed by atoms with van der Waals surface area (Å²) >= 11 is 5.67. The van der Waals surface area contributed by atoms with Crippen LogP contribution in [0.3, 0.4) is 0 Å². The molecule has 2 aromatic carbocycles. The van der Waals surface area contributed by atoms with Gasteiger partial charge in [-0.1, -0.05) is 23.7 Å². The third kappa shape index (κ3) is 4.76. The molecule has 2 rings (SSSR count). The van der Waals surface area contributed by atoms with E-state index in [-0.39, 0.29) is 22.0 Å². The lowest BCUT2D eigenvalue weighted by atomic mass is 10.2. The van der Waals surface area contributed by atoms with Gasteiger partial charge in [0, 0.05) is 12.1 Å². The summed E-state index contributed by atoms with van der Waals surface area (Å²) in [5, 5.41) is 24.0. The Bertz CT molecular complexity index is 932. The molecule has 10 nitrogen and oxygen atoms in total. The summed E-state index contributed by atoms with van der Waals surface area (Å²) in [6, 6.07) is 8.76. The van der Waals surface area contributed by atoms with Crippen LogP contribution in [0, 0.1) is 20.2 Å². The Morgan fingerprint density at radius 2 is 1.70 bits per heavy atom. The predicted octanol–water partition coefficient (Wildman–Crippen LogP) is 3.34. The van der Waals surface area contributed by atoms with Gasteiger partial charge in [-0.25, -0.2) is 4.79 Å². The highest BCUT2D eigenvalue weighted by molar-refractivity contribution is 6.32. The van der Waals surface area contributed by atoms with Gasteiger partial charge in [0.25, 0.3) is 17.3 Å². The van der Waals surface area contributed by atoms with Crippen molar-refractivity contribution in [1.82, 2.24) is 0 Å². The van der Waals surface area contributed by atoms with E-state index in [4.69, 9.17) is 16.3 Å². The molecule has 0 aliphatic carbocycles. The maximum Gasteiger partial charge on any atom is 0.339 e. The fraction of sp³-hybridized carbons (Fsp3) is 0.125. The summed E-state index contributed by atoms with van der Waals surface area (Å²) in [6.45, 7) is 1.26. The predicted molar refractivity (Wildman–Crippen MR) is 94.7 cm³/mol. The summed E-state index contributed by atoms with van der Waals surface area (Å²) in [5.74, 6) is -1.79. The van der Waals surface area contributed by atoms with E-state index < -0.39 is 33.5 Å². The fourth-order valence-corrected chi connectivity index (χ4v) is 2.22. The van der Waals surface area contributed by atoms with Crippen LogP contribution < -0.4 is 5.32 Å². The summed E-state index contributed by atoms with van der Waals surface area (Å²) in [5.41, 5.74) is -1.03.